The Morgan fingerprint density at radius 3 is 0.920 bits per heavy atom. The summed E-state index contributed by atoms with van der Waals surface area (Å²) in [5.74, 6) is -2.06. The number of carboxylic acids is 1. The van der Waals surface area contributed by atoms with Gasteiger partial charge in [-0.1, -0.05) is 267 Å². The highest BCUT2D eigenvalue weighted by Crippen LogP contribution is 2.15. The number of hydrogen-bond acceptors (Lipinski definition) is 7. The molecule has 9 nitrogen and oxygen atoms in total. The number of likely N-dealkylation sites (N-methyl/N-ethyl adjacent to an activating group) is 1. The fourth-order valence-electron chi connectivity index (χ4n) is 8.54. The summed E-state index contributed by atoms with van der Waals surface area (Å²) in [5.41, 5.74) is 0. The molecule has 2 atom stereocenters. The monoisotopic (exact) mass is 1200 g/mol. The minimum absolute atomic E-state index is 0.174. The lowest BCUT2D eigenvalue weighted by molar-refractivity contribution is -0.870. The van der Waals surface area contributed by atoms with Gasteiger partial charge in [0.2, 0.25) is 0 Å². The van der Waals surface area contributed by atoms with Gasteiger partial charge in [-0.2, -0.15) is 0 Å². The van der Waals surface area contributed by atoms with Crippen LogP contribution in [0, 0.1) is 0 Å². The van der Waals surface area contributed by atoms with E-state index >= 15 is 0 Å². The summed E-state index contributed by atoms with van der Waals surface area (Å²) >= 11 is 0. The summed E-state index contributed by atoms with van der Waals surface area (Å²) in [4.78, 5) is 37.6. The molecule has 0 heterocycles. The molecule has 0 bridgehead atoms. The zero-order chi connectivity index (χ0) is 63.3. The molecule has 0 amide bonds. The molecule has 0 fully saturated rings. The fourth-order valence-corrected chi connectivity index (χ4v) is 8.54. The van der Waals surface area contributed by atoms with Gasteiger partial charge in [-0.15, -0.1) is 0 Å². The van der Waals surface area contributed by atoms with E-state index < -0.39 is 24.3 Å². The molecule has 0 aliphatic heterocycles. The molecule has 0 aliphatic carbocycles. The Hall–Kier alpha value is -5.61. The normalized spacial score (nSPS) is 13.9. The number of carboxylic acid groups (broad SMARTS) is 1. The van der Waals surface area contributed by atoms with Gasteiger partial charge in [0.25, 0.3) is 6.29 Å². The Bertz CT molecular complexity index is 2080. The minimum Gasteiger partial charge on any atom is -0.477 e. The molecule has 0 aliphatic rings. The van der Waals surface area contributed by atoms with Crippen LogP contribution < -0.4 is 0 Å². The molecule has 87 heavy (non-hydrogen) atoms. The van der Waals surface area contributed by atoms with Crippen LogP contribution in [0.25, 0.3) is 0 Å². The van der Waals surface area contributed by atoms with Crippen LogP contribution in [-0.4, -0.2) is 87.4 Å². The molecule has 2 unspecified atom stereocenters. The Morgan fingerprint density at radius 2 is 0.621 bits per heavy atom. The third-order valence-electron chi connectivity index (χ3n) is 13.7. The predicted molar refractivity (Wildman–Crippen MR) is 372 cm³/mol. The Labute approximate surface area is 532 Å². The van der Waals surface area contributed by atoms with Crippen LogP contribution in [0.3, 0.4) is 0 Å². The summed E-state index contributed by atoms with van der Waals surface area (Å²) in [7, 11) is 5.95. The number of unbranched alkanes of at least 4 members (excludes halogenated alkanes) is 15. The van der Waals surface area contributed by atoms with Gasteiger partial charge >= 0.3 is 17.9 Å². The first-order valence-corrected chi connectivity index (χ1v) is 33.9. The van der Waals surface area contributed by atoms with Crippen molar-refractivity contribution in [1.29, 1.82) is 0 Å². The number of hydrogen-bond donors (Lipinski definition) is 1. The van der Waals surface area contributed by atoms with E-state index in [0.717, 1.165) is 154 Å². The summed E-state index contributed by atoms with van der Waals surface area (Å²) in [6, 6.07) is 0. The van der Waals surface area contributed by atoms with Gasteiger partial charge in [0.15, 0.2) is 6.10 Å². The number of rotatable bonds is 60. The molecule has 0 aromatic heterocycles. The van der Waals surface area contributed by atoms with E-state index in [2.05, 4.69) is 196 Å². The molecule has 0 saturated heterocycles. The minimum atomic E-state index is -1.53. The Kier molecular flexibility index (Phi) is 62.1. The maximum atomic E-state index is 12.9. The quantitative estimate of drug-likeness (QED) is 0.0211. The number of esters is 2. The highest BCUT2D eigenvalue weighted by atomic mass is 16.7. The van der Waals surface area contributed by atoms with E-state index in [0.29, 0.717) is 23.9 Å². The average molecular weight is 1200 g/mol. The second-order valence-electron chi connectivity index (χ2n) is 23.0. The predicted octanol–water partition coefficient (Wildman–Crippen LogP) is 21.2. The van der Waals surface area contributed by atoms with Crippen molar-refractivity contribution in [3.63, 3.8) is 0 Å². The van der Waals surface area contributed by atoms with Crippen molar-refractivity contribution in [1.82, 2.24) is 0 Å². The lowest BCUT2D eigenvalue weighted by atomic mass is 10.0. The van der Waals surface area contributed by atoms with Crippen molar-refractivity contribution in [3.8, 4) is 0 Å². The standard InChI is InChI=1S/C78H123NO8/c1-6-8-10-12-14-16-18-20-22-24-26-28-29-30-31-32-33-34-35-36-37-38-39-40-41-42-43-44-45-46-47-49-51-53-55-57-59-61-63-65-67-69-76(81)87-74(73-86-78(77(82)83)84-71-70-79(3,4)5)72-85-75(80)68-66-64-62-60-58-56-54-52-50-48-27-25-23-21-19-17-15-13-11-9-7-2/h8-11,14-17,20-23,26-28,30-31,33-34,36-37,39-40,42-43,45-46,48,52,54,74,78H,6-7,12-13,18-19,24-25,29,32,35,38,41,44,47,49-51,53,55-73H2,1-5H3/p+1/b10-8-,11-9-,16-14-,17-15-,22-20-,23-21-,28-26-,31-30-,34-33-,37-36-,40-39-,43-42-,46-45-,48-27-,54-52-. The number of aliphatic carboxylic acids is 1. The van der Waals surface area contributed by atoms with Crippen LogP contribution in [0.15, 0.2) is 182 Å². The van der Waals surface area contributed by atoms with Crippen molar-refractivity contribution in [2.24, 2.45) is 0 Å². The lowest BCUT2D eigenvalue weighted by Gasteiger charge is -2.25. The molecule has 0 rings (SSSR count). The zero-order valence-electron chi connectivity index (χ0n) is 55.6. The second kappa shape index (κ2) is 66.3. The summed E-state index contributed by atoms with van der Waals surface area (Å²) < 4.78 is 22.9. The van der Waals surface area contributed by atoms with Crippen LogP contribution >= 0.6 is 0 Å². The first kappa shape index (κ1) is 81.4. The van der Waals surface area contributed by atoms with E-state index in [1.54, 1.807) is 0 Å². The molecule has 0 radical (unpaired) electrons. The topological polar surface area (TPSA) is 108 Å². The second-order valence-corrected chi connectivity index (χ2v) is 23.0. The molecule has 0 aromatic rings. The first-order valence-electron chi connectivity index (χ1n) is 33.9. The van der Waals surface area contributed by atoms with Gasteiger partial charge in [0.05, 0.1) is 34.4 Å². The largest absolute Gasteiger partial charge is 0.477 e. The molecular formula is C78H124NO8+. The maximum Gasteiger partial charge on any atom is 0.361 e. The van der Waals surface area contributed by atoms with E-state index in [9.17, 15) is 19.5 Å². The van der Waals surface area contributed by atoms with Gasteiger partial charge < -0.3 is 28.5 Å². The van der Waals surface area contributed by atoms with Gasteiger partial charge in [-0.25, -0.2) is 4.79 Å². The first-order chi connectivity index (χ1) is 42.6. The van der Waals surface area contributed by atoms with Gasteiger partial charge in [0.1, 0.15) is 13.2 Å². The number of nitrogens with zero attached hydrogens (tertiary/aromatic N) is 1. The van der Waals surface area contributed by atoms with Crippen LogP contribution in [0.5, 0.6) is 0 Å². The summed E-state index contributed by atoms with van der Waals surface area (Å²) in [6.07, 6.45) is 98.5. The molecular weight excluding hydrogens is 1080 g/mol. The van der Waals surface area contributed by atoms with E-state index in [1.807, 2.05) is 21.1 Å². The highest BCUT2D eigenvalue weighted by molar-refractivity contribution is 5.71. The number of ether oxygens (including phenoxy) is 4. The Morgan fingerprint density at radius 1 is 0.345 bits per heavy atom. The molecule has 9 heteroatoms. The Balaban J connectivity index is 4.20. The molecule has 488 valence electrons. The van der Waals surface area contributed by atoms with E-state index in [4.69, 9.17) is 18.9 Å². The van der Waals surface area contributed by atoms with Crippen LogP contribution in [0.2, 0.25) is 0 Å². The van der Waals surface area contributed by atoms with E-state index in [1.165, 1.54) is 38.5 Å². The summed E-state index contributed by atoms with van der Waals surface area (Å²) in [5, 5.41) is 9.73. The molecule has 1 N–H and O–H groups in total. The number of carbonyl (C=O) groups excluding carboxylic acids is 2. The number of quaternary nitrogens is 1. The zero-order valence-corrected chi connectivity index (χ0v) is 55.6. The maximum absolute atomic E-state index is 12.9. The van der Waals surface area contributed by atoms with Gasteiger partial charge in [-0.3, -0.25) is 9.59 Å². The molecule has 0 spiro atoms. The lowest BCUT2D eigenvalue weighted by Crippen LogP contribution is -2.40. The van der Waals surface area contributed by atoms with E-state index in [-0.39, 0.29) is 38.6 Å². The highest BCUT2D eigenvalue weighted by Gasteiger charge is 2.25. The number of carbonyl (C=O) groups is 3. The summed E-state index contributed by atoms with van der Waals surface area (Å²) in [6.45, 7) is 4.60. The van der Waals surface area contributed by atoms with Crippen LogP contribution in [0.1, 0.15) is 232 Å². The van der Waals surface area contributed by atoms with Gasteiger partial charge in [0, 0.05) is 12.8 Å². The van der Waals surface area contributed by atoms with Crippen molar-refractivity contribution < 1.29 is 42.9 Å². The van der Waals surface area contributed by atoms with Crippen LogP contribution in [0.4, 0.5) is 0 Å². The smallest absolute Gasteiger partial charge is 0.361 e. The third kappa shape index (κ3) is 67.8. The van der Waals surface area contributed by atoms with Crippen LogP contribution in [-0.2, 0) is 33.3 Å². The van der Waals surface area contributed by atoms with Crippen molar-refractivity contribution in [2.45, 2.75) is 245 Å². The third-order valence-corrected chi connectivity index (χ3v) is 13.7. The number of allylic oxidation sites excluding steroid dienone is 30. The van der Waals surface area contributed by atoms with Gasteiger partial charge in [-0.05, 0) is 135 Å². The van der Waals surface area contributed by atoms with Crippen molar-refractivity contribution in [2.75, 3.05) is 47.5 Å². The fraction of sp³-hybridized carbons (Fsp3) is 0.577. The average Bonchev–Trinajstić information content (AvgIpc) is 3.59. The van der Waals surface area contributed by atoms with Crippen molar-refractivity contribution in [3.05, 3.63) is 182 Å². The molecule has 0 aromatic carbocycles. The molecule has 0 saturated carbocycles. The SMILES string of the molecule is CC/C=C\C/C=C\C/C=C\C/C=C\C/C=C\C/C=C\C/C=C\C/C=C\C/C=C\C/C=C\CCCCCCCCCCCCC(=O)OC(COC(=O)CCCCCCC/C=C\C/C=C\C/C=C\C/C=C\C/C=C\CC)COC(OCC[N+](C)(C)C)C(=O)O. The van der Waals surface area contributed by atoms with Crippen molar-refractivity contribution >= 4 is 17.9 Å².